The van der Waals surface area contributed by atoms with Crippen LogP contribution in [-0.2, 0) is 25.7 Å². The Hall–Kier alpha value is -0.780. The molecule has 0 N–H and O–H groups in total. The Labute approximate surface area is 131 Å². The van der Waals surface area contributed by atoms with Crippen molar-refractivity contribution in [2.45, 2.75) is 90.4 Å². The van der Waals surface area contributed by atoms with Crippen molar-refractivity contribution < 1.29 is 0 Å². The van der Waals surface area contributed by atoms with Gasteiger partial charge in [0.2, 0.25) is 0 Å². The third kappa shape index (κ3) is 3.71. The maximum Gasteiger partial charge on any atom is -0.0247 e. The third-order valence-electron chi connectivity index (χ3n) is 5.78. The Balaban J connectivity index is 1.56. The highest BCUT2D eigenvalue weighted by Gasteiger charge is 2.23. The largest absolute Gasteiger partial charge is 0.0654 e. The Morgan fingerprint density at radius 1 is 0.857 bits per heavy atom. The monoisotopic (exact) mass is 284 g/mol. The van der Waals surface area contributed by atoms with Gasteiger partial charge in [-0.25, -0.2) is 0 Å². The van der Waals surface area contributed by atoms with E-state index in [-0.39, 0.29) is 0 Å². The average molecular weight is 284 g/mol. The molecule has 3 rings (SSSR count). The fourth-order valence-electron chi connectivity index (χ4n) is 4.50. The molecule has 0 fully saturated rings. The van der Waals surface area contributed by atoms with E-state index in [0.717, 1.165) is 5.92 Å². The molecular weight excluding hydrogens is 252 g/mol. The molecule has 2 aliphatic carbocycles. The molecule has 0 nitrogen and oxygen atoms in total. The van der Waals surface area contributed by atoms with E-state index in [9.17, 15) is 0 Å². The minimum Gasteiger partial charge on any atom is -0.0654 e. The number of aryl methyl sites for hydroxylation is 1. The van der Waals surface area contributed by atoms with Crippen molar-refractivity contribution in [1.82, 2.24) is 0 Å². The predicted molar refractivity (Wildman–Crippen MR) is 92.0 cm³/mol. The molecule has 1 atom stereocenters. The number of rotatable bonds is 6. The van der Waals surface area contributed by atoms with Gasteiger partial charge in [-0.3, -0.25) is 0 Å². The fourth-order valence-corrected chi connectivity index (χ4v) is 4.50. The molecule has 0 spiro atoms. The van der Waals surface area contributed by atoms with Crippen LogP contribution in [0.5, 0.6) is 0 Å². The molecule has 0 heteroatoms. The first kappa shape index (κ1) is 15.1. The minimum atomic E-state index is 0.973. The molecule has 0 aromatic heterocycles. The van der Waals surface area contributed by atoms with Crippen LogP contribution < -0.4 is 0 Å². The molecule has 0 aliphatic heterocycles. The van der Waals surface area contributed by atoms with Gasteiger partial charge in [-0.1, -0.05) is 57.6 Å². The summed E-state index contributed by atoms with van der Waals surface area (Å²) in [7, 11) is 0. The van der Waals surface area contributed by atoms with Gasteiger partial charge in [-0.05, 0) is 73.1 Å². The van der Waals surface area contributed by atoms with Crippen LogP contribution in [0, 0.1) is 5.92 Å². The summed E-state index contributed by atoms with van der Waals surface area (Å²) in [5.74, 6) is 0.973. The zero-order chi connectivity index (χ0) is 14.5. The molecule has 21 heavy (non-hydrogen) atoms. The SMILES string of the molecule is CCCCCCCC1CCc2c(ccc3c2CCCC3)C1. The van der Waals surface area contributed by atoms with Gasteiger partial charge in [-0.15, -0.1) is 0 Å². The van der Waals surface area contributed by atoms with Crippen molar-refractivity contribution in [2.75, 3.05) is 0 Å². The summed E-state index contributed by atoms with van der Waals surface area (Å²) < 4.78 is 0. The highest BCUT2D eigenvalue weighted by atomic mass is 14.3. The molecule has 116 valence electrons. The van der Waals surface area contributed by atoms with Gasteiger partial charge in [0.1, 0.15) is 0 Å². The number of hydrogen-bond acceptors (Lipinski definition) is 0. The molecular formula is C21H32. The Kier molecular flexibility index (Phi) is 5.38. The summed E-state index contributed by atoms with van der Waals surface area (Å²) in [6.45, 7) is 2.30. The van der Waals surface area contributed by atoms with Gasteiger partial charge in [0.05, 0.1) is 0 Å². The normalized spacial score (nSPS) is 20.9. The Morgan fingerprint density at radius 2 is 1.62 bits per heavy atom. The summed E-state index contributed by atoms with van der Waals surface area (Å²) in [4.78, 5) is 0. The van der Waals surface area contributed by atoms with E-state index in [4.69, 9.17) is 0 Å². The van der Waals surface area contributed by atoms with Crippen molar-refractivity contribution in [1.29, 1.82) is 0 Å². The molecule has 0 radical (unpaired) electrons. The molecule has 1 aromatic carbocycles. The van der Waals surface area contributed by atoms with Crippen LogP contribution >= 0.6 is 0 Å². The van der Waals surface area contributed by atoms with Crippen LogP contribution in [0.1, 0.15) is 87.0 Å². The lowest BCUT2D eigenvalue weighted by atomic mass is 9.76. The number of unbranched alkanes of at least 4 members (excludes halogenated alkanes) is 4. The lowest BCUT2D eigenvalue weighted by molar-refractivity contribution is 0.403. The fraction of sp³-hybridized carbons (Fsp3) is 0.714. The summed E-state index contributed by atoms with van der Waals surface area (Å²) in [5, 5.41) is 0. The van der Waals surface area contributed by atoms with Crippen LogP contribution in [0.15, 0.2) is 12.1 Å². The van der Waals surface area contributed by atoms with Crippen LogP contribution in [-0.4, -0.2) is 0 Å². The van der Waals surface area contributed by atoms with Crippen molar-refractivity contribution in [3.05, 3.63) is 34.4 Å². The second-order valence-electron chi connectivity index (χ2n) is 7.36. The lowest BCUT2D eigenvalue weighted by Gasteiger charge is -2.29. The number of benzene rings is 1. The first-order valence-electron chi connectivity index (χ1n) is 9.51. The lowest BCUT2D eigenvalue weighted by Crippen LogP contribution is -2.18. The van der Waals surface area contributed by atoms with E-state index in [1.54, 1.807) is 22.3 Å². The van der Waals surface area contributed by atoms with Crippen molar-refractivity contribution in [3.63, 3.8) is 0 Å². The second kappa shape index (κ2) is 7.47. The maximum absolute atomic E-state index is 2.47. The van der Waals surface area contributed by atoms with Crippen molar-refractivity contribution in [3.8, 4) is 0 Å². The van der Waals surface area contributed by atoms with E-state index in [1.807, 2.05) is 0 Å². The Bertz CT molecular complexity index is 457. The second-order valence-corrected chi connectivity index (χ2v) is 7.36. The average Bonchev–Trinajstić information content (AvgIpc) is 2.54. The van der Waals surface area contributed by atoms with E-state index >= 15 is 0 Å². The quantitative estimate of drug-likeness (QED) is 0.559. The topological polar surface area (TPSA) is 0 Å². The molecule has 0 amide bonds. The van der Waals surface area contributed by atoms with E-state index < -0.39 is 0 Å². The Morgan fingerprint density at radius 3 is 2.52 bits per heavy atom. The molecule has 1 unspecified atom stereocenters. The van der Waals surface area contributed by atoms with E-state index in [2.05, 4.69) is 19.1 Å². The van der Waals surface area contributed by atoms with Crippen LogP contribution in [0.3, 0.4) is 0 Å². The standard InChI is InChI=1S/C21H32/c1-2-3-4-5-6-9-17-12-15-21-19(16-17)14-13-18-10-7-8-11-20(18)21/h13-14,17H,2-12,15-16H2,1H3. The summed E-state index contributed by atoms with van der Waals surface area (Å²) in [6.07, 6.45) is 18.4. The smallest absolute Gasteiger partial charge is 0.0247 e. The highest BCUT2D eigenvalue weighted by molar-refractivity contribution is 5.44. The first-order chi connectivity index (χ1) is 10.4. The van der Waals surface area contributed by atoms with Gasteiger partial charge in [0.15, 0.2) is 0 Å². The van der Waals surface area contributed by atoms with Crippen LogP contribution in [0.25, 0.3) is 0 Å². The van der Waals surface area contributed by atoms with Gasteiger partial charge >= 0.3 is 0 Å². The van der Waals surface area contributed by atoms with Gasteiger partial charge in [-0.2, -0.15) is 0 Å². The zero-order valence-corrected chi connectivity index (χ0v) is 13.9. The summed E-state index contributed by atoms with van der Waals surface area (Å²) in [6, 6.07) is 4.93. The molecule has 1 aromatic rings. The van der Waals surface area contributed by atoms with Crippen molar-refractivity contribution >= 4 is 0 Å². The van der Waals surface area contributed by atoms with Crippen LogP contribution in [0.2, 0.25) is 0 Å². The number of hydrogen-bond donors (Lipinski definition) is 0. The van der Waals surface area contributed by atoms with E-state index in [1.165, 1.54) is 83.5 Å². The summed E-state index contributed by atoms with van der Waals surface area (Å²) in [5.41, 5.74) is 6.92. The number of fused-ring (bicyclic) bond motifs is 3. The summed E-state index contributed by atoms with van der Waals surface area (Å²) >= 11 is 0. The van der Waals surface area contributed by atoms with Crippen LogP contribution in [0.4, 0.5) is 0 Å². The molecule has 0 saturated carbocycles. The van der Waals surface area contributed by atoms with Gasteiger partial charge < -0.3 is 0 Å². The van der Waals surface area contributed by atoms with Crippen molar-refractivity contribution in [2.24, 2.45) is 5.92 Å². The predicted octanol–water partition coefficient (Wildman–Crippen LogP) is 6.03. The third-order valence-corrected chi connectivity index (χ3v) is 5.78. The van der Waals surface area contributed by atoms with Gasteiger partial charge in [0, 0.05) is 0 Å². The van der Waals surface area contributed by atoms with Gasteiger partial charge in [0.25, 0.3) is 0 Å². The minimum absolute atomic E-state index is 0.973. The highest BCUT2D eigenvalue weighted by Crippen LogP contribution is 2.35. The molecule has 0 heterocycles. The molecule has 0 bridgehead atoms. The maximum atomic E-state index is 2.47. The first-order valence-corrected chi connectivity index (χ1v) is 9.51. The molecule has 2 aliphatic rings. The zero-order valence-electron chi connectivity index (χ0n) is 13.9. The molecule has 0 saturated heterocycles. The van der Waals surface area contributed by atoms with E-state index in [0.29, 0.717) is 0 Å².